The molecule has 0 aliphatic rings. The summed E-state index contributed by atoms with van der Waals surface area (Å²) >= 11 is 0. The first-order valence-corrected chi connectivity index (χ1v) is 6.56. The van der Waals surface area contributed by atoms with Crippen molar-refractivity contribution in [2.45, 2.75) is 38.6 Å². The molecule has 21 heavy (non-hydrogen) atoms. The molecule has 7 heteroatoms. The van der Waals surface area contributed by atoms with E-state index in [0.717, 1.165) is 0 Å². The highest BCUT2D eigenvalue weighted by atomic mass is 19.4. The molecular weight excluding hydrogens is 287 g/mol. The van der Waals surface area contributed by atoms with E-state index in [-0.39, 0.29) is 24.2 Å². The molecule has 1 rings (SSSR count). The summed E-state index contributed by atoms with van der Waals surface area (Å²) in [5, 5.41) is 0. The van der Waals surface area contributed by atoms with Gasteiger partial charge in [0.15, 0.2) is 0 Å². The highest BCUT2D eigenvalue weighted by molar-refractivity contribution is 5.69. The molecule has 1 atom stereocenters. The fourth-order valence-corrected chi connectivity index (χ4v) is 1.81. The summed E-state index contributed by atoms with van der Waals surface area (Å²) in [4.78, 5) is 11.2. The van der Waals surface area contributed by atoms with Gasteiger partial charge in [-0.1, -0.05) is 12.1 Å². The fraction of sp³-hybridized carbons (Fsp3) is 0.500. The molecule has 0 saturated carbocycles. The molecule has 0 amide bonds. The molecule has 0 heterocycles. The molecular formula is C14H18F3NO3. The number of carbonyl (C=O) groups is 1. The van der Waals surface area contributed by atoms with E-state index in [1.165, 1.54) is 18.2 Å². The summed E-state index contributed by atoms with van der Waals surface area (Å²) in [6, 6.07) is 5.30. The summed E-state index contributed by atoms with van der Waals surface area (Å²) < 4.78 is 45.0. The van der Waals surface area contributed by atoms with Crippen LogP contribution in [0.3, 0.4) is 0 Å². The van der Waals surface area contributed by atoms with Gasteiger partial charge < -0.3 is 15.2 Å². The molecule has 1 unspecified atom stereocenters. The maximum absolute atomic E-state index is 12.1. The molecule has 0 bridgehead atoms. The Labute approximate surface area is 121 Å². The number of hydrogen-bond donors (Lipinski definition) is 1. The number of benzene rings is 1. The molecule has 118 valence electrons. The second-order valence-electron chi connectivity index (χ2n) is 4.50. The van der Waals surface area contributed by atoms with Crippen LogP contribution in [0.15, 0.2) is 24.3 Å². The normalized spacial score (nSPS) is 12.8. The first kappa shape index (κ1) is 17.3. The van der Waals surface area contributed by atoms with Crippen LogP contribution in [0.4, 0.5) is 13.2 Å². The van der Waals surface area contributed by atoms with E-state index < -0.39 is 6.36 Å². The Morgan fingerprint density at radius 1 is 1.38 bits per heavy atom. The molecule has 0 aliphatic carbocycles. The number of carbonyl (C=O) groups excluding carboxylic acids is 1. The lowest BCUT2D eigenvalue weighted by atomic mass is 10.0. The number of alkyl halides is 3. The summed E-state index contributed by atoms with van der Waals surface area (Å²) in [7, 11) is 0. The molecule has 1 aromatic carbocycles. The predicted molar refractivity (Wildman–Crippen MR) is 70.7 cm³/mol. The SMILES string of the molecule is CCOC(=O)CCC(N)Cc1cccc(OC(F)(F)F)c1. The van der Waals surface area contributed by atoms with Gasteiger partial charge in [-0.05, 0) is 37.5 Å². The summed E-state index contributed by atoms with van der Waals surface area (Å²) in [6.45, 7) is 2.02. The quantitative estimate of drug-likeness (QED) is 0.787. The van der Waals surface area contributed by atoms with Gasteiger partial charge in [-0.15, -0.1) is 13.2 Å². The van der Waals surface area contributed by atoms with Crippen molar-refractivity contribution >= 4 is 5.97 Å². The highest BCUT2D eigenvalue weighted by Gasteiger charge is 2.31. The zero-order valence-corrected chi connectivity index (χ0v) is 11.7. The number of esters is 1. The Morgan fingerprint density at radius 2 is 2.10 bits per heavy atom. The van der Waals surface area contributed by atoms with Crippen molar-refractivity contribution in [1.82, 2.24) is 0 Å². The minimum Gasteiger partial charge on any atom is -0.466 e. The van der Waals surface area contributed by atoms with E-state index in [4.69, 9.17) is 10.5 Å². The van der Waals surface area contributed by atoms with Crippen LogP contribution in [0.2, 0.25) is 0 Å². The van der Waals surface area contributed by atoms with Gasteiger partial charge in [-0.3, -0.25) is 4.79 Å². The van der Waals surface area contributed by atoms with Crippen molar-refractivity contribution in [3.05, 3.63) is 29.8 Å². The van der Waals surface area contributed by atoms with Crippen molar-refractivity contribution in [2.75, 3.05) is 6.61 Å². The van der Waals surface area contributed by atoms with Gasteiger partial charge in [0.25, 0.3) is 0 Å². The zero-order chi connectivity index (χ0) is 15.9. The topological polar surface area (TPSA) is 61.5 Å². The van der Waals surface area contributed by atoms with Gasteiger partial charge in [0.05, 0.1) is 6.61 Å². The molecule has 2 N–H and O–H groups in total. The zero-order valence-electron chi connectivity index (χ0n) is 11.7. The van der Waals surface area contributed by atoms with Gasteiger partial charge >= 0.3 is 12.3 Å². The van der Waals surface area contributed by atoms with E-state index in [9.17, 15) is 18.0 Å². The lowest BCUT2D eigenvalue weighted by Crippen LogP contribution is -2.24. The third-order valence-corrected chi connectivity index (χ3v) is 2.65. The summed E-state index contributed by atoms with van der Waals surface area (Å²) in [5.74, 6) is -0.611. The van der Waals surface area contributed by atoms with Crippen LogP contribution in [-0.4, -0.2) is 25.0 Å². The average Bonchev–Trinajstić information content (AvgIpc) is 2.35. The van der Waals surface area contributed by atoms with Gasteiger partial charge in [-0.25, -0.2) is 0 Å². The maximum atomic E-state index is 12.1. The van der Waals surface area contributed by atoms with Gasteiger partial charge in [0, 0.05) is 12.5 Å². The molecule has 0 saturated heterocycles. The standard InChI is InChI=1S/C14H18F3NO3/c1-2-20-13(19)7-6-11(18)8-10-4-3-5-12(9-10)21-14(15,16)17/h3-5,9,11H,2,6-8,18H2,1H3. The minimum absolute atomic E-state index is 0.188. The Kier molecular flexibility index (Phi) is 6.48. The molecule has 0 aliphatic heterocycles. The first-order chi connectivity index (χ1) is 9.80. The Balaban J connectivity index is 2.50. The molecule has 0 spiro atoms. The maximum Gasteiger partial charge on any atom is 0.573 e. The molecule has 0 fully saturated rings. The van der Waals surface area contributed by atoms with Crippen LogP contribution in [0.5, 0.6) is 5.75 Å². The molecule has 4 nitrogen and oxygen atoms in total. The third kappa shape index (κ3) is 7.55. The highest BCUT2D eigenvalue weighted by Crippen LogP contribution is 2.23. The summed E-state index contributed by atoms with van der Waals surface area (Å²) in [5.41, 5.74) is 6.48. The van der Waals surface area contributed by atoms with Crippen molar-refractivity contribution in [2.24, 2.45) is 5.73 Å². The van der Waals surface area contributed by atoms with E-state index in [1.807, 2.05) is 0 Å². The lowest BCUT2D eigenvalue weighted by molar-refractivity contribution is -0.274. The molecule has 0 radical (unpaired) electrons. The Hall–Kier alpha value is -1.76. The van der Waals surface area contributed by atoms with E-state index in [0.29, 0.717) is 25.0 Å². The van der Waals surface area contributed by atoms with E-state index in [1.54, 1.807) is 13.0 Å². The molecule has 1 aromatic rings. The second-order valence-corrected chi connectivity index (χ2v) is 4.50. The second kappa shape index (κ2) is 7.87. The van der Waals surface area contributed by atoms with Crippen LogP contribution in [0.1, 0.15) is 25.3 Å². The van der Waals surface area contributed by atoms with Gasteiger partial charge in [-0.2, -0.15) is 0 Å². The number of hydrogen-bond acceptors (Lipinski definition) is 4. The van der Waals surface area contributed by atoms with Gasteiger partial charge in [0.1, 0.15) is 5.75 Å². The van der Waals surface area contributed by atoms with Crippen molar-refractivity contribution in [3.63, 3.8) is 0 Å². The van der Waals surface area contributed by atoms with Crippen LogP contribution in [0, 0.1) is 0 Å². The summed E-state index contributed by atoms with van der Waals surface area (Å²) in [6.07, 6.45) is -3.77. The van der Waals surface area contributed by atoms with Crippen molar-refractivity contribution in [3.8, 4) is 5.75 Å². The third-order valence-electron chi connectivity index (χ3n) is 2.65. The Bertz CT molecular complexity index is 463. The molecule has 0 aromatic heterocycles. The number of ether oxygens (including phenoxy) is 2. The number of rotatable bonds is 7. The van der Waals surface area contributed by atoms with Crippen LogP contribution in [-0.2, 0) is 16.0 Å². The van der Waals surface area contributed by atoms with Gasteiger partial charge in [0.2, 0.25) is 0 Å². The van der Waals surface area contributed by atoms with Crippen molar-refractivity contribution < 1.29 is 27.4 Å². The largest absolute Gasteiger partial charge is 0.573 e. The lowest BCUT2D eigenvalue weighted by Gasteiger charge is -2.13. The predicted octanol–water partition coefficient (Wildman–Crippen LogP) is 2.80. The monoisotopic (exact) mass is 305 g/mol. The number of halogens is 3. The number of nitrogens with two attached hydrogens (primary N) is 1. The first-order valence-electron chi connectivity index (χ1n) is 6.56. The van der Waals surface area contributed by atoms with E-state index >= 15 is 0 Å². The minimum atomic E-state index is -4.72. The van der Waals surface area contributed by atoms with E-state index in [2.05, 4.69) is 4.74 Å². The van der Waals surface area contributed by atoms with Crippen LogP contribution >= 0.6 is 0 Å². The van der Waals surface area contributed by atoms with Crippen LogP contribution < -0.4 is 10.5 Å². The Morgan fingerprint density at radius 3 is 2.71 bits per heavy atom. The van der Waals surface area contributed by atoms with Crippen molar-refractivity contribution in [1.29, 1.82) is 0 Å². The smallest absolute Gasteiger partial charge is 0.466 e. The van der Waals surface area contributed by atoms with Crippen LogP contribution in [0.25, 0.3) is 0 Å². The fourth-order valence-electron chi connectivity index (χ4n) is 1.81. The average molecular weight is 305 g/mol.